The van der Waals surface area contributed by atoms with E-state index in [1.807, 2.05) is 20.8 Å². The Bertz CT molecular complexity index is 594. The molecule has 1 aliphatic rings. The zero-order valence-electron chi connectivity index (χ0n) is 13.9. The fraction of sp³-hybridized carbons (Fsp3) is 0.667. The highest BCUT2D eigenvalue weighted by Gasteiger charge is 2.29. The molecule has 1 aromatic rings. The van der Waals surface area contributed by atoms with Gasteiger partial charge in [-0.05, 0) is 49.5 Å². The van der Waals surface area contributed by atoms with Crippen LogP contribution in [0.2, 0.25) is 0 Å². The number of nitrogens with zero attached hydrogens (tertiary/aromatic N) is 3. The van der Waals surface area contributed by atoms with Crippen molar-refractivity contribution in [3.63, 3.8) is 0 Å². The molecule has 0 radical (unpaired) electrons. The van der Waals surface area contributed by atoms with Gasteiger partial charge in [-0.2, -0.15) is 5.10 Å². The molecule has 1 fully saturated rings. The van der Waals surface area contributed by atoms with E-state index in [9.17, 15) is 9.59 Å². The van der Waals surface area contributed by atoms with Crippen molar-refractivity contribution in [2.75, 3.05) is 13.1 Å². The minimum Gasteiger partial charge on any atom is -0.444 e. The molecule has 128 valence electrons. The molecule has 7 nitrogen and oxygen atoms in total. The molecule has 2 rings (SSSR count). The number of amides is 2. The monoisotopic (exact) mass is 386 g/mol. The van der Waals surface area contributed by atoms with Gasteiger partial charge >= 0.3 is 6.09 Å². The Balaban J connectivity index is 1.97. The van der Waals surface area contributed by atoms with Crippen LogP contribution in [0.4, 0.5) is 4.79 Å². The lowest BCUT2D eigenvalue weighted by atomic mass is 10.1. The summed E-state index contributed by atoms with van der Waals surface area (Å²) in [5, 5.41) is 7.03. The van der Waals surface area contributed by atoms with Crippen molar-refractivity contribution in [3.05, 3.63) is 16.4 Å². The fourth-order valence-electron chi connectivity index (χ4n) is 2.51. The number of aromatic nitrogens is 2. The van der Waals surface area contributed by atoms with E-state index in [1.165, 1.54) is 0 Å². The lowest BCUT2D eigenvalue weighted by Crippen LogP contribution is -2.50. The fourth-order valence-corrected chi connectivity index (χ4v) is 3.05. The van der Waals surface area contributed by atoms with Crippen LogP contribution in [0, 0.1) is 0 Å². The Kier molecular flexibility index (Phi) is 5.33. The zero-order valence-corrected chi connectivity index (χ0v) is 15.5. The molecule has 1 unspecified atom stereocenters. The van der Waals surface area contributed by atoms with E-state index in [0.29, 0.717) is 23.3 Å². The molecule has 0 aromatic carbocycles. The third-order valence-electron chi connectivity index (χ3n) is 3.42. The molecule has 0 spiro atoms. The van der Waals surface area contributed by atoms with E-state index in [0.717, 1.165) is 12.8 Å². The van der Waals surface area contributed by atoms with Crippen LogP contribution in [0.1, 0.15) is 44.1 Å². The van der Waals surface area contributed by atoms with Gasteiger partial charge in [0.1, 0.15) is 5.60 Å². The van der Waals surface area contributed by atoms with Gasteiger partial charge in [0.2, 0.25) is 0 Å². The van der Waals surface area contributed by atoms with Gasteiger partial charge in [-0.15, -0.1) is 0 Å². The molecule has 1 aromatic heterocycles. The Morgan fingerprint density at radius 3 is 2.70 bits per heavy atom. The molecular formula is C15H23BrN4O3. The van der Waals surface area contributed by atoms with E-state index in [-0.39, 0.29) is 11.9 Å². The summed E-state index contributed by atoms with van der Waals surface area (Å²) in [6.07, 6.45) is 2.95. The quantitative estimate of drug-likeness (QED) is 0.845. The van der Waals surface area contributed by atoms with Crippen LogP contribution in [0.15, 0.2) is 10.7 Å². The van der Waals surface area contributed by atoms with Crippen LogP contribution >= 0.6 is 15.9 Å². The van der Waals surface area contributed by atoms with Gasteiger partial charge in [0.15, 0.2) is 5.69 Å². The number of hydrogen-bond donors (Lipinski definition) is 1. The average molecular weight is 387 g/mol. The summed E-state index contributed by atoms with van der Waals surface area (Å²) in [4.78, 5) is 26.2. The molecule has 23 heavy (non-hydrogen) atoms. The van der Waals surface area contributed by atoms with Gasteiger partial charge in [-0.25, -0.2) is 4.79 Å². The Labute approximate surface area is 144 Å². The normalized spacial score (nSPS) is 18.7. The standard InChI is InChI=1S/C15H23BrN4O3/c1-15(2,3)23-14(22)17-10-6-5-7-20(8-10)13(21)12-11(16)9-19(4)18-12/h9-10H,5-8H2,1-4H3,(H,17,22). The summed E-state index contributed by atoms with van der Waals surface area (Å²) >= 11 is 3.35. The first kappa shape index (κ1) is 17.8. The summed E-state index contributed by atoms with van der Waals surface area (Å²) in [5.41, 5.74) is -0.141. The smallest absolute Gasteiger partial charge is 0.407 e. The second-order valence-electron chi connectivity index (χ2n) is 6.74. The second-order valence-corrected chi connectivity index (χ2v) is 7.59. The number of rotatable bonds is 2. The number of piperidine rings is 1. The molecule has 1 atom stereocenters. The summed E-state index contributed by atoms with van der Waals surface area (Å²) in [6, 6.07) is -0.106. The number of carbonyl (C=O) groups is 2. The number of alkyl carbamates (subject to hydrolysis) is 1. The Morgan fingerprint density at radius 1 is 1.43 bits per heavy atom. The molecule has 1 N–H and O–H groups in total. The van der Waals surface area contributed by atoms with Crippen molar-refractivity contribution in [2.24, 2.45) is 7.05 Å². The highest BCUT2D eigenvalue weighted by Crippen LogP contribution is 2.19. The third kappa shape index (κ3) is 4.95. The highest BCUT2D eigenvalue weighted by atomic mass is 79.9. The lowest BCUT2D eigenvalue weighted by molar-refractivity contribution is 0.0451. The van der Waals surface area contributed by atoms with Crippen molar-refractivity contribution in [3.8, 4) is 0 Å². The van der Waals surface area contributed by atoms with Gasteiger partial charge in [0.25, 0.3) is 5.91 Å². The molecule has 1 saturated heterocycles. The lowest BCUT2D eigenvalue weighted by Gasteiger charge is -2.33. The van der Waals surface area contributed by atoms with Gasteiger partial charge in [-0.1, -0.05) is 0 Å². The summed E-state index contributed by atoms with van der Waals surface area (Å²) in [6.45, 7) is 6.58. The average Bonchev–Trinajstić information content (AvgIpc) is 2.75. The zero-order chi connectivity index (χ0) is 17.2. The SMILES string of the molecule is Cn1cc(Br)c(C(=O)N2CCCC(NC(=O)OC(C)(C)C)C2)n1. The number of nitrogens with one attached hydrogen (secondary N) is 1. The molecule has 2 amide bonds. The molecule has 0 saturated carbocycles. The van der Waals surface area contributed by atoms with Gasteiger partial charge in [0, 0.05) is 32.4 Å². The van der Waals surface area contributed by atoms with Crippen molar-refractivity contribution in [1.82, 2.24) is 20.0 Å². The summed E-state index contributed by atoms with van der Waals surface area (Å²) in [7, 11) is 1.77. The van der Waals surface area contributed by atoms with Crippen LogP contribution in [0.25, 0.3) is 0 Å². The first-order valence-corrected chi connectivity index (χ1v) is 8.43. The first-order valence-electron chi connectivity index (χ1n) is 7.63. The minimum atomic E-state index is -0.535. The molecule has 8 heteroatoms. The largest absolute Gasteiger partial charge is 0.444 e. The van der Waals surface area contributed by atoms with Crippen molar-refractivity contribution < 1.29 is 14.3 Å². The van der Waals surface area contributed by atoms with Crippen LogP contribution < -0.4 is 5.32 Å². The van der Waals surface area contributed by atoms with Gasteiger partial charge in [0.05, 0.1) is 4.47 Å². The molecule has 0 aliphatic carbocycles. The molecule has 2 heterocycles. The van der Waals surface area contributed by atoms with Crippen LogP contribution in [-0.4, -0.2) is 51.4 Å². The maximum absolute atomic E-state index is 12.6. The molecule has 0 bridgehead atoms. The van der Waals surface area contributed by atoms with Gasteiger partial charge in [-0.3, -0.25) is 9.48 Å². The number of ether oxygens (including phenoxy) is 1. The van der Waals surface area contributed by atoms with E-state index < -0.39 is 11.7 Å². The van der Waals surface area contributed by atoms with E-state index in [4.69, 9.17) is 4.74 Å². The van der Waals surface area contributed by atoms with Gasteiger partial charge < -0.3 is 15.0 Å². The second kappa shape index (κ2) is 6.90. The number of carbonyl (C=O) groups excluding carboxylic acids is 2. The van der Waals surface area contributed by atoms with Crippen LogP contribution in [-0.2, 0) is 11.8 Å². The third-order valence-corrected chi connectivity index (χ3v) is 4.00. The highest BCUT2D eigenvalue weighted by molar-refractivity contribution is 9.10. The van der Waals surface area contributed by atoms with E-state index >= 15 is 0 Å². The number of halogens is 1. The van der Waals surface area contributed by atoms with Crippen molar-refractivity contribution >= 4 is 27.9 Å². The predicted octanol–water partition coefficient (Wildman–Crippen LogP) is 2.31. The molecule has 1 aliphatic heterocycles. The predicted molar refractivity (Wildman–Crippen MR) is 89.2 cm³/mol. The van der Waals surface area contributed by atoms with Crippen molar-refractivity contribution in [2.45, 2.75) is 45.3 Å². The summed E-state index contributed by atoms with van der Waals surface area (Å²) < 4.78 is 7.53. The van der Waals surface area contributed by atoms with E-state index in [2.05, 4.69) is 26.3 Å². The van der Waals surface area contributed by atoms with E-state index in [1.54, 1.807) is 22.8 Å². The Morgan fingerprint density at radius 2 is 2.13 bits per heavy atom. The molecular weight excluding hydrogens is 364 g/mol. The van der Waals surface area contributed by atoms with Crippen LogP contribution in [0.3, 0.4) is 0 Å². The maximum atomic E-state index is 12.6. The van der Waals surface area contributed by atoms with Crippen LogP contribution in [0.5, 0.6) is 0 Å². The number of hydrogen-bond acceptors (Lipinski definition) is 4. The number of likely N-dealkylation sites (tertiary alicyclic amines) is 1. The first-order chi connectivity index (χ1) is 10.7. The topological polar surface area (TPSA) is 76.5 Å². The maximum Gasteiger partial charge on any atom is 0.407 e. The minimum absolute atomic E-state index is 0.106. The Hall–Kier alpha value is -1.57. The van der Waals surface area contributed by atoms with Crippen molar-refractivity contribution in [1.29, 1.82) is 0 Å². The summed E-state index contributed by atoms with van der Waals surface area (Å²) in [5.74, 6) is -0.131. The number of aryl methyl sites for hydroxylation is 1.